The average molecular weight is 267 g/mol. The molecule has 102 valence electrons. The van der Waals surface area contributed by atoms with E-state index >= 15 is 0 Å². The van der Waals surface area contributed by atoms with E-state index in [-0.39, 0.29) is 32.0 Å². The van der Waals surface area contributed by atoms with Gasteiger partial charge in [0.05, 0.1) is 4.92 Å². The van der Waals surface area contributed by atoms with Crippen LogP contribution in [0.4, 0.5) is 10.5 Å². The van der Waals surface area contributed by atoms with E-state index in [2.05, 4.69) is 15.3 Å². The fourth-order valence-corrected chi connectivity index (χ4v) is 1.03. The second kappa shape index (κ2) is 8.31. The number of non-ortho nitro benzene ring substituents is 1. The first kappa shape index (κ1) is 16.2. The molecule has 0 radical (unpaired) electrons. The van der Waals surface area contributed by atoms with Gasteiger partial charge < -0.3 is 10.1 Å². The molecule has 1 aromatic rings. The smallest absolute Gasteiger partial charge is 0.410 e. The van der Waals surface area contributed by atoms with Crippen LogP contribution in [0.15, 0.2) is 29.4 Å². The van der Waals surface area contributed by atoms with E-state index in [1.807, 2.05) is 0 Å². The SMILES string of the molecule is C.[N-]=[N+]=NCCNC(=O)Oc1ccc([N+](=O)[O-])cc1. The van der Waals surface area contributed by atoms with E-state index in [9.17, 15) is 14.9 Å². The van der Waals surface area contributed by atoms with Crippen molar-refractivity contribution in [2.24, 2.45) is 5.11 Å². The number of carbonyl (C=O) groups is 1. The number of hydrogen-bond acceptors (Lipinski definition) is 5. The molecule has 0 fully saturated rings. The van der Waals surface area contributed by atoms with Gasteiger partial charge in [-0.1, -0.05) is 12.5 Å². The van der Waals surface area contributed by atoms with E-state index < -0.39 is 11.0 Å². The second-order valence-corrected chi connectivity index (χ2v) is 3.02. The maximum absolute atomic E-state index is 11.2. The van der Waals surface area contributed by atoms with E-state index in [1.54, 1.807) is 0 Å². The van der Waals surface area contributed by atoms with Gasteiger partial charge in [0.25, 0.3) is 5.69 Å². The molecule has 9 nitrogen and oxygen atoms in total. The van der Waals surface area contributed by atoms with Crippen LogP contribution < -0.4 is 10.1 Å². The van der Waals surface area contributed by atoms with Crippen molar-refractivity contribution in [1.82, 2.24) is 5.32 Å². The zero-order valence-corrected chi connectivity index (χ0v) is 9.15. The third-order valence-corrected chi connectivity index (χ3v) is 1.80. The van der Waals surface area contributed by atoms with Crippen LogP contribution in [-0.2, 0) is 0 Å². The minimum Gasteiger partial charge on any atom is -0.410 e. The second-order valence-electron chi connectivity index (χ2n) is 3.02. The molecule has 0 saturated heterocycles. The van der Waals surface area contributed by atoms with Crippen molar-refractivity contribution in [2.45, 2.75) is 7.43 Å². The molecule has 0 unspecified atom stereocenters. The number of nitrogens with zero attached hydrogens (tertiary/aromatic N) is 4. The summed E-state index contributed by atoms with van der Waals surface area (Å²) in [6.07, 6.45) is -0.725. The molecule has 1 N–H and O–H groups in total. The molecule has 1 rings (SSSR count). The number of rotatable bonds is 5. The summed E-state index contributed by atoms with van der Waals surface area (Å²) < 4.78 is 4.82. The molecule has 0 aliphatic heterocycles. The number of ether oxygens (including phenoxy) is 1. The normalized spacial score (nSPS) is 8.63. The van der Waals surface area contributed by atoms with Crippen molar-refractivity contribution in [3.05, 3.63) is 44.8 Å². The van der Waals surface area contributed by atoms with E-state index in [1.165, 1.54) is 24.3 Å². The molecule has 19 heavy (non-hydrogen) atoms. The first-order chi connectivity index (χ1) is 8.63. The van der Waals surface area contributed by atoms with Gasteiger partial charge in [0.2, 0.25) is 0 Å². The molecule has 0 bridgehead atoms. The van der Waals surface area contributed by atoms with E-state index in [4.69, 9.17) is 10.3 Å². The number of amides is 1. The summed E-state index contributed by atoms with van der Waals surface area (Å²) >= 11 is 0. The van der Waals surface area contributed by atoms with Gasteiger partial charge in [-0.3, -0.25) is 10.1 Å². The zero-order valence-electron chi connectivity index (χ0n) is 9.15. The van der Waals surface area contributed by atoms with E-state index in [0.717, 1.165) is 0 Å². The first-order valence-electron chi connectivity index (χ1n) is 4.84. The predicted octanol–water partition coefficient (Wildman–Crippen LogP) is 2.63. The lowest BCUT2D eigenvalue weighted by Crippen LogP contribution is -2.28. The third-order valence-electron chi connectivity index (χ3n) is 1.80. The Bertz CT molecular complexity index is 481. The van der Waals surface area contributed by atoms with Gasteiger partial charge in [-0.05, 0) is 17.7 Å². The Labute approximate surface area is 109 Å². The van der Waals surface area contributed by atoms with Gasteiger partial charge in [0.1, 0.15) is 5.75 Å². The van der Waals surface area contributed by atoms with Gasteiger partial charge in [0, 0.05) is 30.1 Å². The molecule has 0 aliphatic rings. The van der Waals surface area contributed by atoms with Gasteiger partial charge in [-0.15, -0.1) is 0 Å². The monoisotopic (exact) mass is 267 g/mol. The Morgan fingerprint density at radius 3 is 2.63 bits per heavy atom. The quantitative estimate of drug-likeness (QED) is 0.219. The fraction of sp³-hybridized carbons (Fsp3) is 0.300. The van der Waals surface area contributed by atoms with E-state index in [0.29, 0.717) is 0 Å². The third kappa shape index (κ3) is 5.89. The summed E-state index contributed by atoms with van der Waals surface area (Å²) in [5, 5.41) is 15.9. The molecule has 1 amide bonds. The number of nitro groups is 1. The summed E-state index contributed by atoms with van der Waals surface area (Å²) in [5.41, 5.74) is 7.91. The number of nitro benzene ring substituents is 1. The minimum absolute atomic E-state index is 0. The van der Waals surface area contributed by atoms with Gasteiger partial charge >= 0.3 is 6.09 Å². The molecule has 0 atom stereocenters. The van der Waals surface area contributed by atoms with Crippen LogP contribution >= 0.6 is 0 Å². The maximum Gasteiger partial charge on any atom is 0.412 e. The number of hydrogen-bond donors (Lipinski definition) is 1. The lowest BCUT2D eigenvalue weighted by molar-refractivity contribution is -0.384. The van der Waals surface area contributed by atoms with Gasteiger partial charge in [-0.2, -0.15) is 0 Å². The molecule has 0 aromatic heterocycles. The van der Waals surface area contributed by atoms with Crippen molar-refractivity contribution < 1.29 is 14.5 Å². The highest BCUT2D eigenvalue weighted by Gasteiger charge is 2.07. The van der Waals surface area contributed by atoms with Crippen LogP contribution in [0.25, 0.3) is 10.4 Å². The van der Waals surface area contributed by atoms with Crippen LogP contribution in [-0.4, -0.2) is 24.1 Å². The van der Waals surface area contributed by atoms with Crippen LogP contribution in [0.3, 0.4) is 0 Å². The Morgan fingerprint density at radius 2 is 2.11 bits per heavy atom. The summed E-state index contributed by atoms with van der Waals surface area (Å²) in [4.78, 5) is 23.5. The first-order valence-corrected chi connectivity index (χ1v) is 4.84. The van der Waals surface area contributed by atoms with Gasteiger partial charge in [-0.25, -0.2) is 4.79 Å². The molecular formula is C10H13N5O4. The van der Waals surface area contributed by atoms with Crippen molar-refractivity contribution in [1.29, 1.82) is 0 Å². The van der Waals surface area contributed by atoms with Gasteiger partial charge in [0.15, 0.2) is 0 Å². The highest BCUT2D eigenvalue weighted by atomic mass is 16.6. The predicted molar refractivity (Wildman–Crippen MR) is 67.9 cm³/mol. The van der Waals surface area contributed by atoms with Crippen LogP contribution in [0.2, 0.25) is 0 Å². The fourth-order valence-electron chi connectivity index (χ4n) is 1.03. The molecule has 1 aromatic carbocycles. The number of carbonyl (C=O) groups excluding carboxylic acids is 1. The highest BCUT2D eigenvalue weighted by Crippen LogP contribution is 2.17. The largest absolute Gasteiger partial charge is 0.412 e. The Hall–Kier alpha value is -2.80. The summed E-state index contributed by atoms with van der Waals surface area (Å²) in [7, 11) is 0. The Balaban J connectivity index is 0.00000324. The summed E-state index contributed by atoms with van der Waals surface area (Å²) in [5.74, 6) is 0.182. The zero-order chi connectivity index (χ0) is 13.4. The van der Waals surface area contributed by atoms with Crippen molar-refractivity contribution >= 4 is 11.8 Å². The highest BCUT2D eigenvalue weighted by molar-refractivity contribution is 5.70. The molecule has 0 aliphatic carbocycles. The van der Waals surface area contributed by atoms with Crippen LogP contribution in [0, 0.1) is 10.1 Å². The molecule has 0 heterocycles. The molecule has 9 heteroatoms. The maximum atomic E-state index is 11.2. The number of nitrogens with one attached hydrogen (secondary N) is 1. The average Bonchev–Trinajstić information content (AvgIpc) is 2.35. The lowest BCUT2D eigenvalue weighted by atomic mass is 10.3. The Morgan fingerprint density at radius 1 is 1.47 bits per heavy atom. The van der Waals surface area contributed by atoms with Crippen molar-refractivity contribution in [3.8, 4) is 5.75 Å². The summed E-state index contributed by atoms with van der Waals surface area (Å²) in [6, 6.07) is 5.07. The molecule has 0 saturated carbocycles. The summed E-state index contributed by atoms with van der Waals surface area (Å²) in [6.45, 7) is 0.266. The lowest BCUT2D eigenvalue weighted by Gasteiger charge is -2.04. The Kier molecular flexibility index (Phi) is 7.09. The number of azide groups is 1. The molecular weight excluding hydrogens is 254 g/mol. The van der Waals surface area contributed by atoms with Crippen LogP contribution in [0.5, 0.6) is 5.75 Å². The minimum atomic E-state index is -0.725. The number of benzene rings is 1. The van der Waals surface area contributed by atoms with Crippen molar-refractivity contribution in [3.63, 3.8) is 0 Å². The standard InChI is InChI=1S/C9H9N5O4.CH4/c10-13-12-6-5-11-9(15)18-8-3-1-7(2-4-8)14(16)17;/h1-4H,5-6H2,(H,11,15);1H4. The van der Waals surface area contributed by atoms with Crippen molar-refractivity contribution in [2.75, 3.05) is 13.1 Å². The molecule has 0 spiro atoms. The van der Waals surface area contributed by atoms with Crippen LogP contribution in [0.1, 0.15) is 7.43 Å². The topological polar surface area (TPSA) is 130 Å².